The van der Waals surface area contributed by atoms with E-state index in [1.54, 1.807) is 71.9 Å². The number of unbranched alkanes of at least 4 members (excludes halogenated alkanes) is 1. The smallest absolute Gasteiger partial charge is 0.326 e. The largest absolute Gasteiger partial charge is 0.481 e. The number of nitrogens with one attached hydrogen (secondary N) is 10. The molecule has 0 saturated carbocycles. The maximum atomic E-state index is 14.2. The lowest BCUT2D eigenvalue weighted by Crippen LogP contribution is -2.61. The number of carboxylic acid groups (broad SMARTS) is 3. The van der Waals surface area contributed by atoms with E-state index >= 15 is 0 Å². The summed E-state index contributed by atoms with van der Waals surface area (Å²) in [7, 11) is 0. The zero-order valence-corrected chi connectivity index (χ0v) is 52.6. The molecule has 0 heterocycles. The van der Waals surface area contributed by atoms with Crippen LogP contribution in [0.15, 0.2) is 30.3 Å². The molecule has 11 amide bonds. The molecule has 1 aromatic carbocycles. The number of hydrogen-bond donors (Lipinski definition) is 17. The van der Waals surface area contributed by atoms with Crippen molar-refractivity contribution in [1.29, 1.82) is 0 Å². The third kappa shape index (κ3) is 31.9. The summed E-state index contributed by atoms with van der Waals surface area (Å²) in [5.41, 5.74) is 17.8. The Labute approximate surface area is 521 Å². The lowest BCUT2D eigenvalue weighted by molar-refractivity contribution is -0.142. The van der Waals surface area contributed by atoms with Crippen LogP contribution >= 0.6 is 24.4 Å². The highest BCUT2D eigenvalue weighted by Crippen LogP contribution is 2.13. The highest BCUT2D eigenvalue weighted by molar-refractivity contribution is 7.98. The number of amides is 11. The Balaban J connectivity index is 3.38. The van der Waals surface area contributed by atoms with E-state index in [2.05, 4.69) is 65.8 Å². The van der Waals surface area contributed by atoms with Gasteiger partial charge in [-0.15, -0.1) is 0 Å². The number of benzene rings is 1. The van der Waals surface area contributed by atoms with Gasteiger partial charge in [-0.3, -0.25) is 62.3 Å². The van der Waals surface area contributed by atoms with E-state index in [-0.39, 0.29) is 69.2 Å². The molecule has 0 saturated heterocycles. The Kier molecular flexibility index (Phi) is 37.0. The monoisotopic (exact) mass is 1280 g/mol. The summed E-state index contributed by atoms with van der Waals surface area (Å²) in [4.78, 5) is 185. The van der Waals surface area contributed by atoms with Gasteiger partial charge >= 0.3 is 17.9 Å². The van der Waals surface area contributed by atoms with Gasteiger partial charge in [0.15, 0.2) is 0 Å². The van der Waals surface area contributed by atoms with Crippen molar-refractivity contribution < 1.29 is 82.4 Å². The minimum absolute atomic E-state index is 0.0513. The molecule has 19 N–H and O–H groups in total. The lowest BCUT2D eigenvalue weighted by atomic mass is 10.0. The minimum atomic E-state index is -1.91. The molecular weight excluding hydrogens is 1190 g/mol. The average molecular weight is 1280 g/mol. The fourth-order valence-electron chi connectivity index (χ4n) is 8.54. The molecule has 0 aromatic heterocycles. The van der Waals surface area contributed by atoms with Crippen molar-refractivity contribution in [2.24, 2.45) is 35.0 Å². The van der Waals surface area contributed by atoms with Gasteiger partial charge in [-0.2, -0.15) is 24.4 Å². The van der Waals surface area contributed by atoms with E-state index in [1.807, 2.05) is 6.26 Å². The number of carbonyl (C=O) groups excluding carboxylic acids is 11. The van der Waals surface area contributed by atoms with Gasteiger partial charge in [-0.25, -0.2) is 4.79 Å². The number of carbonyl (C=O) groups is 14. The Morgan fingerprint density at radius 2 is 0.920 bits per heavy atom. The number of nitrogens with two attached hydrogens (primary N) is 3. The van der Waals surface area contributed by atoms with Crippen LogP contribution in [0.2, 0.25) is 0 Å². The van der Waals surface area contributed by atoms with Crippen LogP contribution in [0.5, 0.6) is 0 Å². The summed E-state index contributed by atoms with van der Waals surface area (Å²) in [5.74, 6) is -15.8. The van der Waals surface area contributed by atoms with Crippen LogP contribution in [0.25, 0.3) is 0 Å². The Hall–Kier alpha value is -7.58. The molecule has 0 bridgehead atoms. The van der Waals surface area contributed by atoms with Crippen molar-refractivity contribution in [3.05, 3.63) is 35.9 Å². The zero-order valence-electron chi connectivity index (χ0n) is 50.9. The van der Waals surface area contributed by atoms with Gasteiger partial charge in [0.1, 0.15) is 54.4 Å². The number of aliphatic carboxylic acids is 3. The summed E-state index contributed by atoms with van der Waals surface area (Å²) >= 11 is 5.58. The number of hydrogen-bond acceptors (Lipinski definition) is 18. The zero-order chi connectivity index (χ0) is 66.8. The molecule has 1 aromatic rings. The molecule has 0 aliphatic carbocycles. The van der Waals surface area contributed by atoms with Crippen LogP contribution in [0.3, 0.4) is 0 Å². The molecule has 0 fully saturated rings. The molecule has 10 atom stereocenters. The fraction of sp³-hybridized carbons (Fsp3) is 0.643. The Morgan fingerprint density at radius 3 is 1.36 bits per heavy atom. The number of carboxylic acids is 3. The van der Waals surface area contributed by atoms with E-state index in [1.165, 1.54) is 11.8 Å². The maximum Gasteiger partial charge on any atom is 0.326 e. The molecule has 30 nitrogen and oxygen atoms in total. The average Bonchev–Trinajstić information content (AvgIpc) is 3.37. The first kappa shape index (κ1) is 78.4. The highest BCUT2D eigenvalue weighted by Gasteiger charge is 2.36. The summed E-state index contributed by atoms with van der Waals surface area (Å²) < 4.78 is 0. The van der Waals surface area contributed by atoms with Gasteiger partial charge in [-0.05, 0) is 93.2 Å². The third-order valence-electron chi connectivity index (χ3n) is 13.1. The van der Waals surface area contributed by atoms with Crippen molar-refractivity contribution in [3.8, 4) is 0 Å². The summed E-state index contributed by atoms with van der Waals surface area (Å²) in [6.07, 6.45) is -0.710. The van der Waals surface area contributed by atoms with Gasteiger partial charge < -0.3 is 85.7 Å². The molecule has 88 heavy (non-hydrogen) atoms. The number of thiol groups is 1. The van der Waals surface area contributed by atoms with Crippen molar-refractivity contribution in [2.45, 2.75) is 179 Å². The quantitative estimate of drug-likeness (QED) is 0.0233. The lowest BCUT2D eigenvalue weighted by Gasteiger charge is -2.28. The summed E-state index contributed by atoms with van der Waals surface area (Å²) in [6.45, 7) is 9.77. The normalized spacial score (nSPS) is 14.6. The Bertz CT molecular complexity index is 2530. The molecule has 0 radical (unpaired) electrons. The summed E-state index contributed by atoms with van der Waals surface area (Å²) in [5, 5.41) is 53.2. The van der Waals surface area contributed by atoms with Crippen LogP contribution in [0.1, 0.15) is 118 Å². The molecule has 0 aliphatic rings. The van der Waals surface area contributed by atoms with Gasteiger partial charge in [0, 0.05) is 18.6 Å². The van der Waals surface area contributed by atoms with E-state index in [0.717, 1.165) is 0 Å². The van der Waals surface area contributed by atoms with E-state index < -0.39 is 181 Å². The Morgan fingerprint density at radius 1 is 0.500 bits per heavy atom. The molecule has 0 spiro atoms. The number of rotatable bonds is 44. The first-order valence-electron chi connectivity index (χ1n) is 28.9. The fourth-order valence-corrected chi connectivity index (χ4v) is 9.29. The van der Waals surface area contributed by atoms with E-state index in [9.17, 15) is 82.4 Å². The second-order valence-electron chi connectivity index (χ2n) is 22.3. The van der Waals surface area contributed by atoms with Crippen molar-refractivity contribution in [3.63, 3.8) is 0 Å². The van der Waals surface area contributed by atoms with Crippen LogP contribution in [-0.4, -0.2) is 189 Å². The SMILES string of the molecule is CSCC[C@H](N)C(=O)N[C@@H](CC(C)C)C(=O)N[C@@H](CCC(=O)O)C(=O)N[C@@H](CC(N)=O)C(=O)N[C@@H](CC(C)C)C(=O)N[C@@H](CCCCN)C(=O)N[C@@H](CC(=O)O)C(=O)N[C@@H](CS)C(=O)NCC(=O)N[C@@H](CC(C)C)C(=O)N[C@@H](Cc1ccccc1)C(=O)O. The van der Waals surface area contributed by atoms with Gasteiger partial charge in [0.2, 0.25) is 65.0 Å². The first-order chi connectivity index (χ1) is 41.3. The third-order valence-corrected chi connectivity index (χ3v) is 14.1. The topological polar surface area (TPSA) is 498 Å². The van der Waals surface area contributed by atoms with Gasteiger partial charge in [0.25, 0.3) is 0 Å². The minimum Gasteiger partial charge on any atom is -0.481 e. The van der Waals surface area contributed by atoms with E-state index in [4.69, 9.17) is 17.2 Å². The second-order valence-corrected chi connectivity index (χ2v) is 23.7. The molecule has 0 unspecified atom stereocenters. The molecule has 1 rings (SSSR count). The summed E-state index contributed by atoms with van der Waals surface area (Å²) in [6, 6.07) is -6.31. The standard InChI is InChI=1S/C56H91N13O17S2/c1-29(2)21-36(51(80)68-41(56(85)86)24-32-13-9-8-10-14-32)61-44(71)27-60-48(77)42(28-87)69-55(84)40(26-46(74)75)67-49(78)34(15-11-12-19-57)62-53(82)38(23-31(5)6)65-54(83)39(25-43(59)70)66-50(79)35(16-17-45(72)73)63-52(81)37(22-30(3)4)64-47(76)33(58)18-20-88-7/h8-10,13-14,29-31,33-42,87H,11-12,15-28,57-58H2,1-7H3,(H2,59,70)(H,60,77)(H,61,71)(H,62,82)(H,63,81)(H,64,76)(H,65,83)(H,66,79)(H,67,78)(H,68,80)(H,69,84)(H,72,73)(H,74,75)(H,85,86)/t33-,34-,35-,36-,37-,38-,39-,40-,41-,42-/m0/s1. The predicted molar refractivity (Wildman–Crippen MR) is 327 cm³/mol. The van der Waals surface area contributed by atoms with Crippen LogP contribution in [-0.2, 0) is 73.5 Å². The van der Waals surface area contributed by atoms with Crippen LogP contribution in [0.4, 0.5) is 0 Å². The van der Waals surface area contributed by atoms with Crippen LogP contribution < -0.4 is 70.4 Å². The van der Waals surface area contributed by atoms with Crippen molar-refractivity contribution in [1.82, 2.24) is 53.2 Å². The number of primary amides is 1. The molecule has 494 valence electrons. The van der Waals surface area contributed by atoms with Crippen molar-refractivity contribution in [2.75, 3.05) is 30.9 Å². The molecular formula is C56H91N13O17S2. The predicted octanol–water partition coefficient (Wildman–Crippen LogP) is -2.71. The number of thioether (sulfide) groups is 1. The molecule has 0 aliphatic heterocycles. The maximum absolute atomic E-state index is 14.2. The van der Waals surface area contributed by atoms with E-state index in [0.29, 0.717) is 17.7 Å². The van der Waals surface area contributed by atoms with Gasteiger partial charge in [0.05, 0.1) is 25.4 Å². The van der Waals surface area contributed by atoms with Gasteiger partial charge in [-0.1, -0.05) is 71.9 Å². The highest BCUT2D eigenvalue weighted by atomic mass is 32.2. The first-order valence-corrected chi connectivity index (χ1v) is 30.9. The van der Waals surface area contributed by atoms with Crippen LogP contribution in [0, 0.1) is 17.8 Å². The molecule has 32 heteroatoms. The second kappa shape index (κ2) is 41.5. The van der Waals surface area contributed by atoms with Crippen molar-refractivity contribution >= 4 is 107 Å².